The van der Waals surface area contributed by atoms with E-state index in [0.29, 0.717) is 51.1 Å². The molecule has 8 nitrogen and oxygen atoms in total. The first-order valence-corrected chi connectivity index (χ1v) is 12.2. The molecule has 1 unspecified atom stereocenters. The molecule has 0 saturated heterocycles. The molecule has 0 fully saturated rings. The summed E-state index contributed by atoms with van der Waals surface area (Å²) in [4.78, 5) is 25.9. The molecule has 3 rings (SSSR count). The second-order valence-electron chi connectivity index (χ2n) is 8.27. The maximum absolute atomic E-state index is 13.4. The van der Waals surface area contributed by atoms with E-state index in [1.54, 1.807) is 42.5 Å². The molecule has 0 aliphatic carbocycles. The Morgan fingerprint density at radius 2 is 1.71 bits per heavy atom. The van der Waals surface area contributed by atoms with E-state index in [0.717, 1.165) is 17.7 Å². The molecule has 0 aromatic heterocycles. The van der Waals surface area contributed by atoms with Crippen LogP contribution in [0.5, 0.6) is 17.2 Å². The second kappa shape index (κ2) is 13.0. The Bertz CT molecular complexity index is 1340. The van der Waals surface area contributed by atoms with Crippen molar-refractivity contribution in [2.75, 3.05) is 26.2 Å². The van der Waals surface area contributed by atoms with Crippen LogP contribution in [0.25, 0.3) is 0 Å². The van der Waals surface area contributed by atoms with Crippen LogP contribution in [-0.4, -0.2) is 43.4 Å². The lowest BCUT2D eigenvalue weighted by molar-refractivity contribution is -0.131. The summed E-state index contributed by atoms with van der Waals surface area (Å²) < 4.78 is 16.4. The van der Waals surface area contributed by atoms with Crippen molar-refractivity contribution in [3.63, 3.8) is 0 Å². The van der Waals surface area contributed by atoms with Crippen molar-refractivity contribution >= 4 is 29.2 Å². The van der Waals surface area contributed by atoms with Gasteiger partial charge in [-0.2, -0.15) is 0 Å². The Morgan fingerprint density at radius 3 is 2.34 bits per heavy atom. The number of carboxylic acids is 1. The smallest absolute Gasteiger partial charge is 0.328 e. The van der Waals surface area contributed by atoms with E-state index in [4.69, 9.17) is 30.9 Å². The molecule has 0 spiro atoms. The lowest BCUT2D eigenvalue weighted by Gasteiger charge is -2.28. The zero-order chi connectivity index (χ0) is 27.8. The topological polar surface area (TPSA) is 106 Å². The van der Waals surface area contributed by atoms with Gasteiger partial charge in [-0.25, -0.2) is 4.79 Å². The van der Waals surface area contributed by atoms with E-state index in [-0.39, 0.29) is 6.54 Å². The number of hydrogen-bond donors (Lipinski definition) is 2. The van der Waals surface area contributed by atoms with Gasteiger partial charge in [0.05, 0.1) is 33.6 Å². The minimum atomic E-state index is -1.27. The Labute approximate surface area is 226 Å². The average Bonchev–Trinajstić information content (AvgIpc) is 2.93. The number of amides is 1. The number of hydrogen-bond acceptors (Lipinski definition) is 6. The van der Waals surface area contributed by atoms with Crippen LogP contribution in [0.2, 0.25) is 5.02 Å². The number of halogens is 1. The summed E-state index contributed by atoms with van der Waals surface area (Å²) >= 11 is 6.34. The first-order valence-electron chi connectivity index (χ1n) is 11.8. The first-order chi connectivity index (χ1) is 18.2. The summed E-state index contributed by atoms with van der Waals surface area (Å²) in [5, 5.41) is 21.1. The molecule has 3 aromatic rings. The number of methoxy groups -OCH3 is 3. The van der Waals surface area contributed by atoms with Gasteiger partial charge in [0.2, 0.25) is 0 Å². The van der Waals surface area contributed by atoms with E-state index >= 15 is 0 Å². The zero-order valence-corrected chi connectivity index (χ0v) is 22.4. The highest BCUT2D eigenvalue weighted by Gasteiger charge is 2.26. The molecule has 0 aliphatic rings. The van der Waals surface area contributed by atoms with Crippen LogP contribution in [0, 0.1) is 0 Å². The third-order valence-corrected chi connectivity index (χ3v) is 6.27. The van der Waals surface area contributed by atoms with Gasteiger partial charge in [-0.1, -0.05) is 36.7 Å². The highest BCUT2D eigenvalue weighted by Crippen LogP contribution is 2.39. The van der Waals surface area contributed by atoms with E-state index < -0.39 is 18.0 Å². The van der Waals surface area contributed by atoms with E-state index in [2.05, 4.69) is 0 Å². The Morgan fingerprint density at radius 1 is 0.947 bits per heavy atom. The molecule has 0 radical (unpaired) electrons. The van der Waals surface area contributed by atoms with Crippen LogP contribution in [0.1, 0.15) is 35.3 Å². The fraction of sp³-hybridized carbons (Fsp3) is 0.241. The highest BCUT2D eigenvalue weighted by atomic mass is 35.5. The molecular formula is C29H30ClNO7. The summed E-state index contributed by atoms with van der Waals surface area (Å²) in [6.07, 6.45) is 1.21. The molecule has 1 amide bonds. The number of aliphatic carboxylic acids is 1. The van der Waals surface area contributed by atoms with Crippen LogP contribution in [0.15, 0.2) is 66.7 Å². The number of benzene rings is 3. The van der Waals surface area contributed by atoms with Gasteiger partial charge in [0.1, 0.15) is 23.4 Å². The van der Waals surface area contributed by atoms with Crippen molar-refractivity contribution in [1.29, 1.82) is 0 Å². The number of aliphatic hydroxyl groups excluding tert-OH is 1. The highest BCUT2D eigenvalue weighted by molar-refractivity contribution is 6.30. The van der Waals surface area contributed by atoms with Gasteiger partial charge in [-0.15, -0.1) is 0 Å². The molecule has 0 saturated carbocycles. The summed E-state index contributed by atoms with van der Waals surface area (Å²) in [6.45, 7) is 1.99. The Balaban J connectivity index is 2.19. The number of rotatable bonds is 11. The molecule has 0 heterocycles. The van der Waals surface area contributed by atoms with Crippen LogP contribution >= 0.6 is 11.6 Å². The van der Waals surface area contributed by atoms with Crippen LogP contribution in [0.3, 0.4) is 0 Å². The maximum atomic E-state index is 13.4. The summed E-state index contributed by atoms with van der Waals surface area (Å²) in [6, 6.07) is 15.4. The normalized spacial score (nSPS) is 11.7. The molecule has 1 atom stereocenters. The summed E-state index contributed by atoms with van der Waals surface area (Å²) in [5.41, 5.74) is 2.72. The number of ether oxygens (including phenoxy) is 3. The van der Waals surface area contributed by atoms with Gasteiger partial charge in [0.15, 0.2) is 0 Å². The second-order valence-corrected chi connectivity index (χ2v) is 8.71. The minimum absolute atomic E-state index is 0.00342. The van der Waals surface area contributed by atoms with E-state index in [1.165, 1.54) is 26.2 Å². The number of para-hydroxylation sites is 1. The SMILES string of the molecule is CCc1cccc(C(O)c2cc(Cl)ccc2N(Cc2ccc(OC)cc2OC)C(=O)/C=C/C(=O)O)c1OC. The van der Waals surface area contributed by atoms with E-state index in [1.807, 2.05) is 19.1 Å². The fourth-order valence-electron chi connectivity index (χ4n) is 4.17. The van der Waals surface area contributed by atoms with Crippen molar-refractivity contribution in [3.05, 3.63) is 94.0 Å². The van der Waals surface area contributed by atoms with Crippen molar-refractivity contribution in [3.8, 4) is 17.2 Å². The van der Waals surface area contributed by atoms with Crippen molar-refractivity contribution in [2.24, 2.45) is 0 Å². The van der Waals surface area contributed by atoms with Gasteiger partial charge in [0, 0.05) is 39.9 Å². The lowest BCUT2D eigenvalue weighted by atomic mass is 9.95. The number of carbonyl (C=O) groups excluding carboxylic acids is 1. The van der Waals surface area contributed by atoms with Crippen molar-refractivity contribution in [2.45, 2.75) is 26.0 Å². The number of nitrogens with zero attached hydrogens (tertiary/aromatic N) is 1. The van der Waals surface area contributed by atoms with Gasteiger partial charge < -0.3 is 29.3 Å². The largest absolute Gasteiger partial charge is 0.497 e. The van der Waals surface area contributed by atoms with Gasteiger partial charge >= 0.3 is 5.97 Å². The standard InChI is InChI=1S/C29H30ClNO7/c1-5-18-7-6-8-22(29(18)38-4)28(35)23-15-20(30)10-12-24(23)31(26(32)13-14-27(33)34)17-19-9-11-21(36-2)16-25(19)37-3/h6-16,28,35H,5,17H2,1-4H3,(H,33,34)/b14-13+. The summed E-state index contributed by atoms with van der Waals surface area (Å²) in [5.74, 6) is -0.306. The first kappa shape index (κ1) is 28.6. The van der Waals surface area contributed by atoms with Crippen molar-refractivity contribution in [1.82, 2.24) is 0 Å². The predicted molar refractivity (Wildman–Crippen MR) is 145 cm³/mol. The maximum Gasteiger partial charge on any atom is 0.328 e. The molecule has 200 valence electrons. The number of anilines is 1. The molecule has 38 heavy (non-hydrogen) atoms. The molecule has 2 N–H and O–H groups in total. The number of aryl methyl sites for hydroxylation is 1. The van der Waals surface area contributed by atoms with Crippen molar-refractivity contribution < 1.29 is 34.0 Å². The average molecular weight is 540 g/mol. The summed E-state index contributed by atoms with van der Waals surface area (Å²) in [7, 11) is 4.56. The Hall–Kier alpha value is -4.01. The molecular weight excluding hydrogens is 510 g/mol. The van der Waals surface area contributed by atoms with Crippen LogP contribution in [0.4, 0.5) is 5.69 Å². The number of carbonyl (C=O) groups is 2. The minimum Gasteiger partial charge on any atom is -0.497 e. The number of aliphatic hydroxyl groups is 1. The molecule has 0 aliphatic heterocycles. The van der Waals surface area contributed by atoms with Gasteiger partial charge in [-0.3, -0.25) is 4.79 Å². The predicted octanol–water partition coefficient (Wildman–Crippen LogP) is 5.18. The molecule has 9 heteroatoms. The lowest BCUT2D eigenvalue weighted by Crippen LogP contribution is -2.30. The molecule has 0 bridgehead atoms. The van der Waals surface area contributed by atoms with E-state index in [9.17, 15) is 14.7 Å². The van der Waals surface area contributed by atoms with Gasteiger partial charge in [-0.05, 0) is 42.3 Å². The third kappa shape index (κ3) is 6.45. The fourth-order valence-corrected chi connectivity index (χ4v) is 4.35. The van der Waals surface area contributed by atoms with Crippen LogP contribution < -0.4 is 19.1 Å². The molecule has 3 aromatic carbocycles. The monoisotopic (exact) mass is 539 g/mol. The quantitative estimate of drug-likeness (QED) is 0.323. The van der Waals surface area contributed by atoms with Gasteiger partial charge in [0.25, 0.3) is 5.91 Å². The zero-order valence-electron chi connectivity index (χ0n) is 21.6. The number of carboxylic acid groups (broad SMARTS) is 1. The van der Waals surface area contributed by atoms with Crippen LogP contribution in [-0.2, 0) is 22.6 Å². The Kier molecular flexibility index (Phi) is 9.76. The third-order valence-electron chi connectivity index (χ3n) is 6.04.